The molecular weight excluding hydrogens is 394 g/mol. The minimum Gasteiger partial charge on any atom is -0.504 e. The van der Waals surface area contributed by atoms with Gasteiger partial charge in [-0.3, -0.25) is 10.1 Å². The average molecular weight is 418 g/mol. The molecule has 1 aromatic carbocycles. The first-order valence-electron chi connectivity index (χ1n) is 9.09. The van der Waals surface area contributed by atoms with Gasteiger partial charge in [-0.05, 0) is 42.5 Å². The van der Waals surface area contributed by atoms with Gasteiger partial charge in [-0.2, -0.15) is 0 Å². The van der Waals surface area contributed by atoms with Gasteiger partial charge in [0.25, 0.3) is 11.7 Å². The molecule has 0 spiro atoms. The van der Waals surface area contributed by atoms with Gasteiger partial charge in [-0.1, -0.05) is 18.1 Å². The van der Waals surface area contributed by atoms with E-state index in [-0.39, 0.29) is 39.4 Å². The van der Waals surface area contributed by atoms with Crippen molar-refractivity contribution in [2.24, 2.45) is 0 Å². The van der Waals surface area contributed by atoms with E-state index in [0.29, 0.717) is 5.82 Å². The number of aryl methyl sites for hydroxylation is 1. The van der Waals surface area contributed by atoms with Gasteiger partial charge in [0.05, 0.1) is 11.6 Å². The van der Waals surface area contributed by atoms with E-state index >= 15 is 0 Å². The minimum absolute atomic E-state index is 0.0293. The number of carbonyl (C=O) groups is 1. The molecule has 0 aliphatic carbocycles. The van der Waals surface area contributed by atoms with Crippen LogP contribution in [0.25, 0.3) is 0 Å². The molecule has 4 N–H and O–H groups in total. The number of para-hydroxylation sites is 1. The second-order valence-electron chi connectivity index (χ2n) is 6.75. The highest BCUT2D eigenvalue weighted by Gasteiger charge is 2.26. The van der Waals surface area contributed by atoms with E-state index in [1.807, 2.05) is 26.0 Å². The number of rotatable bonds is 7. The number of nitrogens with one attached hydrogen (secondary N) is 3. The Morgan fingerprint density at radius 3 is 2.72 bits per heavy atom. The van der Waals surface area contributed by atoms with Crippen LogP contribution in [0.5, 0.6) is 5.75 Å². The number of thiophene rings is 1. The summed E-state index contributed by atoms with van der Waals surface area (Å²) in [7, 11) is 3.19. The van der Waals surface area contributed by atoms with Crippen molar-refractivity contribution in [2.75, 3.05) is 24.7 Å². The first-order chi connectivity index (χ1) is 13.8. The molecule has 3 rings (SSSR count). The topological polar surface area (TPSA) is 116 Å². The van der Waals surface area contributed by atoms with Gasteiger partial charge in [0.1, 0.15) is 5.69 Å². The lowest BCUT2D eigenvalue weighted by Gasteiger charge is -2.14. The lowest BCUT2D eigenvalue weighted by molar-refractivity contribution is -0.701. The van der Waals surface area contributed by atoms with Gasteiger partial charge in [-0.25, -0.2) is 0 Å². The summed E-state index contributed by atoms with van der Waals surface area (Å²) in [6, 6.07) is 8.76. The molecule has 0 saturated heterocycles. The maximum absolute atomic E-state index is 12.2. The first-order valence-corrected chi connectivity index (χ1v) is 9.91. The summed E-state index contributed by atoms with van der Waals surface area (Å²) in [6.45, 7) is 4.07. The highest BCUT2D eigenvalue weighted by molar-refractivity contribution is 7.12. The van der Waals surface area contributed by atoms with Gasteiger partial charge in [0, 0.05) is 23.8 Å². The normalized spacial score (nSPS) is 11.9. The van der Waals surface area contributed by atoms with E-state index in [2.05, 4.69) is 15.8 Å². The van der Waals surface area contributed by atoms with Gasteiger partial charge in [0.15, 0.2) is 10.3 Å². The van der Waals surface area contributed by atoms with Crippen LogP contribution in [-0.4, -0.2) is 35.2 Å². The van der Waals surface area contributed by atoms with Crippen molar-refractivity contribution in [3.8, 4) is 5.75 Å². The molecule has 154 valence electrons. The Bertz CT molecular complexity index is 1070. The summed E-state index contributed by atoms with van der Waals surface area (Å²) in [5.41, 5.74) is 0.333. The quantitative estimate of drug-likeness (QED) is 0.436. The number of hydrogen-bond donors (Lipinski definition) is 4. The first kappa shape index (κ1) is 20.5. The molecule has 0 aliphatic heterocycles. The van der Waals surface area contributed by atoms with Crippen LogP contribution in [0.15, 0.2) is 35.0 Å². The molecule has 1 amide bonds. The second kappa shape index (κ2) is 8.39. The number of amides is 1. The van der Waals surface area contributed by atoms with Crippen LogP contribution in [-0.2, 0) is 0 Å². The van der Waals surface area contributed by atoms with Crippen LogP contribution in [0, 0.1) is 11.8 Å². The maximum Gasteiger partial charge on any atom is 0.371 e. The number of benzene rings is 1. The fourth-order valence-electron chi connectivity index (χ4n) is 2.85. The Labute approximate surface area is 171 Å². The summed E-state index contributed by atoms with van der Waals surface area (Å²) in [4.78, 5) is 28.1. The molecule has 0 aliphatic rings. The number of phenolic OH excluding ortho intramolecular Hbond substituents is 1. The van der Waals surface area contributed by atoms with Crippen molar-refractivity contribution >= 4 is 34.6 Å². The number of anilines is 3. The van der Waals surface area contributed by atoms with Crippen molar-refractivity contribution in [1.29, 1.82) is 0 Å². The Kier molecular flexibility index (Phi) is 5.92. The van der Waals surface area contributed by atoms with E-state index in [4.69, 9.17) is 4.63 Å². The zero-order valence-electron chi connectivity index (χ0n) is 16.6. The predicted octanol–water partition coefficient (Wildman–Crippen LogP) is 3.61. The van der Waals surface area contributed by atoms with Crippen LogP contribution >= 0.6 is 11.3 Å². The van der Waals surface area contributed by atoms with E-state index in [1.54, 1.807) is 37.6 Å². The van der Waals surface area contributed by atoms with E-state index in [9.17, 15) is 14.8 Å². The predicted molar refractivity (Wildman–Crippen MR) is 112 cm³/mol. The van der Waals surface area contributed by atoms with E-state index in [0.717, 1.165) is 11.3 Å². The lowest BCUT2D eigenvalue weighted by atomic mass is 10.1. The Balaban J connectivity index is 1.90. The van der Waals surface area contributed by atoms with Gasteiger partial charge in [-0.15, -0.1) is 16.0 Å². The Hall–Kier alpha value is -3.27. The zero-order chi connectivity index (χ0) is 21.1. The van der Waals surface area contributed by atoms with Gasteiger partial charge < -0.3 is 15.3 Å². The Morgan fingerprint density at radius 2 is 2.10 bits per heavy atom. The van der Waals surface area contributed by atoms with Crippen LogP contribution in [0.4, 0.5) is 17.3 Å². The molecular formula is C19H24N5O4S+. The molecule has 3 aromatic rings. The lowest BCUT2D eigenvalue weighted by Crippen LogP contribution is -2.22. The second-order valence-corrected chi connectivity index (χ2v) is 8.07. The summed E-state index contributed by atoms with van der Waals surface area (Å²) in [5.74, 6) is -0.222. The number of aromatic amines is 1. The van der Waals surface area contributed by atoms with Crippen molar-refractivity contribution in [2.45, 2.75) is 26.3 Å². The van der Waals surface area contributed by atoms with Crippen LogP contribution in [0.2, 0.25) is 0 Å². The molecule has 2 aromatic heterocycles. The molecule has 10 heteroatoms. The molecule has 0 radical (unpaired) electrons. The minimum atomic E-state index is -0.350. The number of nitrogens with zero attached hydrogens (tertiary/aromatic N) is 2. The number of aromatic nitrogens is 2. The van der Waals surface area contributed by atoms with E-state index < -0.39 is 0 Å². The smallest absolute Gasteiger partial charge is 0.371 e. The fourth-order valence-corrected chi connectivity index (χ4v) is 3.86. The number of H-pyrrole nitrogens is 1. The number of hydrogen-bond acceptors (Lipinski definition) is 7. The zero-order valence-corrected chi connectivity index (χ0v) is 17.5. The van der Waals surface area contributed by atoms with Crippen LogP contribution in [0.1, 0.15) is 39.5 Å². The summed E-state index contributed by atoms with van der Waals surface area (Å²) < 4.78 is 5.14. The van der Waals surface area contributed by atoms with Crippen LogP contribution < -0.4 is 15.2 Å². The summed E-state index contributed by atoms with van der Waals surface area (Å²) >= 11 is 1.67. The highest BCUT2D eigenvalue weighted by atomic mass is 32.1. The fraction of sp³-hybridized carbons (Fsp3) is 0.316. The maximum atomic E-state index is 12.2. The summed E-state index contributed by atoms with van der Waals surface area (Å²) in [6.07, 6.45) is 0.787. The largest absolute Gasteiger partial charge is 0.504 e. The third-order valence-electron chi connectivity index (χ3n) is 4.41. The van der Waals surface area contributed by atoms with Crippen molar-refractivity contribution in [1.82, 2.24) is 10.1 Å². The summed E-state index contributed by atoms with van der Waals surface area (Å²) in [5, 5.41) is 19.2. The standard InChI is InChI=1S/C19H23N5O4S/c1-5-13(15-10-9-11(2)29-15)20-17-18(24(27)28-22-17)21-14-8-6-7-12(16(14)25)19(26)23(3)4/h6-10,13,21H,5H2,1-4H3,(H2-,20,22,25,26,27)/p+1/t13-/m1/s1. The van der Waals surface area contributed by atoms with Gasteiger partial charge >= 0.3 is 5.82 Å². The SMILES string of the molecule is CC[C@@H](Nc1[nH]o[n+](=O)c1Nc1cccc(C(=O)N(C)C)c1O)c1ccc(C)s1. The third kappa shape index (κ3) is 4.27. The molecule has 29 heavy (non-hydrogen) atoms. The molecule has 9 nitrogen and oxygen atoms in total. The van der Waals surface area contributed by atoms with Crippen LogP contribution in [0.3, 0.4) is 0 Å². The Morgan fingerprint density at radius 1 is 1.34 bits per heavy atom. The van der Waals surface area contributed by atoms with Crippen molar-refractivity contribution < 1.29 is 19.1 Å². The molecule has 1 atom stereocenters. The average Bonchev–Trinajstić information content (AvgIpc) is 3.27. The number of carbonyl (C=O) groups excluding carboxylic acids is 1. The van der Waals surface area contributed by atoms with Crippen molar-refractivity contribution in [3.63, 3.8) is 0 Å². The van der Waals surface area contributed by atoms with Crippen molar-refractivity contribution in [3.05, 3.63) is 50.6 Å². The monoisotopic (exact) mass is 418 g/mol. The molecule has 0 unspecified atom stereocenters. The molecule has 2 heterocycles. The third-order valence-corrected chi connectivity index (χ3v) is 5.52. The molecule has 0 fully saturated rings. The highest BCUT2D eigenvalue weighted by Crippen LogP contribution is 2.33. The van der Waals surface area contributed by atoms with Gasteiger partial charge in [0.2, 0.25) is 0 Å². The van der Waals surface area contributed by atoms with E-state index in [1.165, 1.54) is 15.8 Å². The molecule has 0 saturated carbocycles. The number of aromatic hydroxyl groups is 1. The number of phenols is 1. The molecule has 0 bridgehead atoms.